The summed E-state index contributed by atoms with van der Waals surface area (Å²) in [7, 11) is 1.27. The minimum Gasteiger partial charge on any atom is -0.463 e. The van der Waals surface area contributed by atoms with Crippen molar-refractivity contribution in [3.8, 4) is 0 Å². The molecule has 0 unspecified atom stereocenters. The van der Waals surface area contributed by atoms with Crippen LogP contribution < -0.4 is 5.73 Å². The fourth-order valence-corrected chi connectivity index (χ4v) is 0.578. The third kappa shape index (κ3) is 1.88. The number of rotatable bonds is 1. The highest BCUT2D eigenvalue weighted by molar-refractivity contribution is 5.91. The molecule has 0 amide bonds. The highest BCUT2D eigenvalue weighted by Gasteiger charge is 2.12. The smallest absolute Gasteiger partial charge is 0.376 e. The van der Waals surface area contributed by atoms with Crippen LogP contribution in [0.2, 0.25) is 0 Å². The Kier molecular flexibility index (Phi) is 3.47. The first-order valence-corrected chi connectivity index (χ1v) is 2.67. The van der Waals surface area contributed by atoms with Gasteiger partial charge >= 0.3 is 5.97 Å². The number of ether oxygens (including phenoxy) is 1. The predicted octanol–water partition coefficient (Wildman–Crippen LogP) is 1.07. The monoisotopic (exact) mass is 177 g/mol. The number of esters is 1. The summed E-state index contributed by atoms with van der Waals surface area (Å²) in [4.78, 5) is 10.7. The van der Waals surface area contributed by atoms with Gasteiger partial charge in [-0.25, -0.2) is 4.79 Å². The molecule has 1 heterocycles. The van der Waals surface area contributed by atoms with Crippen LogP contribution in [0.25, 0.3) is 0 Å². The van der Waals surface area contributed by atoms with Crippen molar-refractivity contribution in [2.75, 3.05) is 12.8 Å². The van der Waals surface area contributed by atoms with E-state index in [1.54, 1.807) is 0 Å². The number of hydrogen-bond donors (Lipinski definition) is 1. The average Bonchev–Trinajstić information content (AvgIpc) is 2.34. The fraction of sp³-hybridized carbons (Fsp3) is 0.167. The Bertz CT molecular complexity index is 246. The summed E-state index contributed by atoms with van der Waals surface area (Å²) in [6.45, 7) is 0. The van der Waals surface area contributed by atoms with Gasteiger partial charge in [0.25, 0.3) is 0 Å². The molecule has 1 aromatic heterocycles. The zero-order valence-electron chi connectivity index (χ0n) is 5.87. The van der Waals surface area contributed by atoms with E-state index in [9.17, 15) is 4.79 Å². The maximum absolute atomic E-state index is 10.7. The van der Waals surface area contributed by atoms with Crippen molar-refractivity contribution >= 4 is 24.1 Å². The Labute approximate surface area is 69.7 Å². The van der Waals surface area contributed by atoms with Crippen LogP contribution in [-0.4, -0.2) is 13.1 Å². The van der Waals surface area contributed by atoms with E-state index >= 15 is 0 Å². The number of hydrogen-bond acceptors (Lipinski definition) is 4. The maximum atomic E-state index is 10.7. The van der Waals surface area contributed by atoms with Gasteiger partial charge in [-0.15, -0.1) is 12.4 Å². The van der Waals surface area contributed by atoms with Crippen molar-refractivity contribution in [1.82, 2.24) is 0 Å². The van der Waals surface area contributed by atoms with Crippen LogP contribution in [0.5, 0.6) is 0 Å². The van der Waals surface area contributed by atoms with Crippen molar-refractivity contribution in [2.45, 2.75) is 0 Å². The van der Waals surface area contributed by atoms with Crippen molar-refractivity contribution in [3.05, 3.63) is 18.1 Å². The minimum absolute atomic E-state index is 0. The van der Waals surface area contributed by atoms with E-state index in [2.05, 4.69) is 4.74 Å². The number of halogens is 1. The molecule has 0 saturated carbocycles. The lowest BCUT2D eigenvalue weighted by Gasteiger charge is -1.93. The highest BCUT2D eigenvalue weighted by Crippen LogP contribution is 2.12. The van der Waals surface area contributed by atoms with E-state index < -0.39 is 5.97 Å². The number of methoxy groups -OCH3 is 1. The van der Waals surface area contributed by atoms with E-state index in [-0.39, 0.29) is 18.2 Å². The second-order valence-corrected chi connectivity index (χ2v) is 1.70. The van der Waals surface area contributed by atoms with E-state index in [4.69, 9.17) is 10.2 Å². The molecule has 0 aliphatic rings. The molecule has 0 aliphatic carbocycles. The minimum atomic E-state index is -0.553. The quantitative estimate of drug-likeness (QED) is 0.652. The third-order valence-electron chi connectivity index (χ3n) is 1.07. The number of furan rings is 1. The molecule has 0 spiro atoms. The van der Waals surface area contributed by atoms with Gasteiger partial charge in [0.2, 0.25) is 5.76 Å². The predicted molar refractivity (Wildman–Crippen MR) is 41.7 cm³/mol. The normalized spacial score (nSPS) is 8.45. The largest absolute Gasteiger partial charge is 0.463 e. The number of nitrogen functional groups attached to an aromatic ring is 1. The molecule has 2 N–H and O–H groups in total. The molecule has 0 saturated heterocycles. The van der Waals surface area contributed by atoms with Gasteiger partial charge in [-0.05, 0) is 0 Å². The van der Waals surface area contributed by atoms with E-state index in [1.807, 2.05) is 0 Å². The first-order chi connectivity index (χ1) is 4.75. The molecule has 1 rings (SSSR count). The third-order valence-corrected chi connectivity index (χ3v) is 1.07. The lowest BCUT2D eigenvalue weighted by molar-refractivity contribution is 0.0566. The van der Waals surface area contributed by atoms with Gasteiger partial charge in [0.05, 0.1) is 19.1 Å². The second kappa shape index (κ2) is 3.88. The Morgan fingerprint density at radius 3 is 2.73 bits per heavy atom. The SMILES string of the molecule is COC(=O)c1occc1N.Cl. The average molecular weight is 178 g/mol. The number of nitrogens with two attached hydrogens (primary N) is 1. The summed E-state index contributed by atoms with van der Waals surface area (Å²) in [6, 6.07) is 1.49. The maximum Gasteiger partial charge on any atom is 0.376 e. The van der Waals surface area contributed by atoms with Crippen LogP contribution in [0, 0.1) is 0 Å². The Morgan fingerprint density at radius 1 is 1.73 bits per heavy atom. The lowest BCUT2D eigenvalue weighted by Crippen LogP contribution is -2.02. The van der Waals surface area contributed by atoms with Gasteiger partial charge in [0, 0.05) is 6.07 Å². The zero-order valence-corrected chi connectivity index (χ0v) is 6.68. The second-order valence-electron chi connectivity index (χ2n) is 1.70. The Hall–Kier alpha value is -1.16. The van der Waals surface area contributed by atoms with Crippen LogP contribution in [0.1, 0.15) is 10.6 Å². The van der Waals surface area contributed by atoms with Gasteiger partial charge in [0.15, 0.2) is 0 Å². The first-order valence-electron chi connectivity index (χ1n) is 2.67. The van der Waals surface area contributed by atoms with Gasteiger partial charge in [-0.1, -0.05) is 0 Å². The highest BCUT2D eigenvalue weighted by atomic mass is 35.5. The van der Waals surface area contributed by atoms with Crippen LogP contribution in [-0.2, 0) is 4.74 Å². The topological polar surface area (TPSA) is 65.5 Å². The van der Waals surface area contributed by atoms with Crippen LogP contribution in [0.15, 0.2) is 16.7 Å². The van der Waals surface area contributed by atoms with E-state index in [1.165, 1.54) is 19.4 Å². The summed E-state index contributed by atoms with van der Waals surface area (Å²) in [6.07, 6.45) is 1.33. The molecular weight excluding hydrogens is 170 g/mol. The zero-order chi connectivity index (χ0) is 7.56. The Balaban J connectivity index is 0.000001000. The molecule has 62 valence electrons. The van der Waals surface area contributed by atoms with Crippen molar-refractivity contribution in [1.29, 1.82) is 0 Å². The van der Waals surface area contributed by atoms with Gasteiger partial charge < -0.3 is 14.9 Å². The standard InChI is InChI=1S/C6H7NO3.ClH/c1-9-6(8)5-4(7)2-3-10-5;/h2-3H,7H2,1H3;1H. The molecule has 0 fully saturated rings. The number of carbonyl (C=O) groups is 1. The molecule has 0 radical (unpaired) electrons. The van der Waals surface area contributed by atoms with Crippen molar-refractivity contribution < 1.29 is 13.9 Å². The number of anilines is 1. The molecule has 4 nitrogen and oxygen atoms in total. The van der Waals surface area contributed by atoms with E-state index in [0.717, 1.165) is 0 Å². The molecular formula is C6H8ClNO3. The summed E-state index contributed by atoms with van der Waals surface area (Å²) >= 11 is 0. The van der Waals surface area contributed by atoms with Crippen LogP contribution in [0.3, 0.4) is 0 Å². The Morgan fingerprint density at radius 2 is 2.36 bits per heavy atom. The summed E-state index contributed by atoms with van der Waals surface area (Å²) in [5.74, 6) is -0.495. The fourth-order valence-electron chi connectivity index (χ4n) is 0.578. The van der Waals surface area contributed by atoms with E-state index in [0.29, 0.717) is 5.69 Å². The molecule has 0 atom stereocenters. The molecule has 11 heavy (non-hydrogen) atoms. The number of carbonyl (C=O) groups excluding carboxylic acids is 1. The molecule has 0 aromatic carbocycles. The van der Waals surface area contributed by atoms with Crippen molar-refractivity contribution in [2.24, 2.45) is 0 Å². The molecule has 0 aliphatic heterocycles. The summed E-state index contributed by atoms with van der Waals surface area (Å²) in [5.41, 5.74) is 5.62. The van der Waals surface area contributed by atoms with Crippen molar-refractivity contribution in [3.63, 3.8) is 0 Å². The molecule has 5 heteroatoms. The summed E-state index contributed by atoms with van der Waals surface area (Å²) < 4.78 is 9.08. The van der Waals surface area contributed by atoms with Gasteiger partial charge in [-0.3, -0.25) is 0 Å². The van der Waals surface area contributed by atoms with Gasteiger partial charge in [0.1, 0.15) is 0 Å². The lowest BCUT2D eigenvalue weighted by atomic mass is 10.4. The summed E-state index contributed by atoms with van der Waals surface area (Å²) in [5, 5.41) is 0. The van der Waals surface area contributed by atoms with Crippen LogP contribution >= 0.6 is 12.4 Å². The van der Waals surface area contributed by atoms with Crippen LogP contribution in [0.4, 0.5) is 5.69 Å². The first kappa shape index (κ1) is 9.84. The molecule has 0 bridgehead atoms. The molecule has 1 aromatic rings. The van der Waals surface area contributed by atoms with Gasteiger partial charge in [-0.2, -0.15) is 0 Å².